The fourth-order valence-corrected chi connectivity index (χ4v) is 2.56. The Labute approximate surface area is 92.5 Å². The summed E-state index contributed by atoms with van der Waals surface area (Å²) in [5.74, 6) is 1.71. The van der Waals surface area contributed by atoms with Crippen LogP contribution in [0.15, 0.2) is 12.1 Å². The third kappa shape index (κ3) is 1.02. The van der Waals surface area contributed by atoms with E-state index in [4.69, 9.17) is 9.47 Å². The number of hydrogen-bond donors (Lipinski definition) is 2. The van der Waals surface area contributed by atoms with Crippen molar-refractivity contribution in [1.82, 2.24) is 10.3 Å². The molecule has 82 valence electrons. The van der Waals surface area contributed by atoms with Crippen molar-refractivity contribution in [2.75, 3.05) is 13.3 Å². The zero-order chi connectivity index (χ0) is 10.5. The lowest BCUT2D eigenvalue weighted by Crippen LogP contribution is -2.22. The fourth-order valence-electron chi connectivity index (χ4n) is 2.56. The number of ether oxygens (including phenoxy) is 2. The number of rotatable bonds is 0. The number of benzene rings is 1. The quantitative estimate of drug-likeness (QED) is 0.702. The molecule has 0 aliphatic carbocycles. The molecular formula is C12H12N2O2. The van der Waals surface area contributed by atoms with E-state index in [1.54, 1.807) is 0 Å². The van der Waals surface area contributed by atoms with Crippen molar-refractivity contribution < 1.29 is 9.47 Å². The van der Waals surface area contributed by atoms with Crippen LogP contribution in [-0.2, 0) is 13.0 Å². The first-order valence-corrected chi connectivity index (χ1v) is 5.55. The van der Waals surface area contributed by atoms with Crippen molar-refractivity contribution in [3.63, 3.8) is 0 Å². The molecule has 0 saturated heterocycles. The van der Waals surface area contributed by atoms with E-state index in [-0.39, 0.29) is 0 Å². The van der Waals surface area contributed by atoms with E-state index in [1.165, 1.54) is 16.6 Å². The summed E-state index contributed by atoms with van der Waals surface area (Å²) in [5, 5.41) is 4.64. The number of nitrogens with one attached hydrogen (secondary N) is 2. The zero-order valence-corrected chi connectivity index (χ0v) is 8.80. The fraction of sp³-hybridized carbons (Fsp3) is 0.333. The summed E-state index contributed by atoms with van der Waals surface area (Å²) >= 11 is 0. The van der Waals surface area contributed by atoms with Gasteiger partial charge in [0, 0.05) is 29.2 Å². The first-order valence-electron chi connectivity index (χ1n) is 5.55. The van der Waals surface area contributed by atoms with Crippen LogP contribution in [0.4, 0.5) is 0 Å². The SMILES string of the molecule is c1c2c(cc3c4c([nH]c13)CNCC4)OCO2. The van der Waals surface area contributed by atoms with Gasteiger partial charge in [0.05, 0.1) is 0 Å². The van der Waals surface area contributed by atoms with Gasteiger partial charge in [-0.2, -0.15) is 0 Å². The summed E-state index contributed by atoms with van der Waals surface area (Å²) in [4.78, 5) is 3.45. The molecule has 2 aliphatic rings. The van der Waals surface area contributed by atoms with Crippen molar-refractivity contribution in [2.45, 2.75) is 13.0 Å². The van der Waals surface area contributed by atoms with Gasteiger partial charge in [0.2, 0.25) is 6.79 Å². The van der Waals surface area contributed by atoms with Crippen molar-refractivity contribution in [1.29, 1.82) is 0 Å². The molecule has 1 aromatic heterocycles. The minimum atomic E-state index is 0.339. The van der Waals surface area contributed by atoms with E-state index < -0.39 is 0 Å². The summed E-state index contributed by atoms with van der Waals surface area (Å²) < 4.78 is 10.8. The zero-order valence-electron chi connectivity index (χ0n) is 8.80. The molecule has 0 fully saturated rings. The monoisotopic (exact) mass is 216 g/mol. The molecule has 0 atom stereocenters. The molecule has 2 aromatic rings. The first kappa shape index (κ1) is 8.47. The summed E-state index contributed by atoms with van der Waals surface area (Å²) in [5.41, 5.74) is 3.87. The summed E-state index contributed by atoms with van der Waals surface area (Å²) in [6.07, 6.45) is 1.08. The second kappa shape index (κ2) is 2.92. The molecule has 0 amide bonds. The van der Waals surface area contributed by atoms with Gasteiger partial charge in [0.1, 0.15) is 0 Å². The molecule has 1 aromatic carbocycles. The van der Waals surface area contributed by atoms with Crippen molar-refractivity contribution >= 4 is 10.9 Å². The van der Waals surface area contributed by atoms with Crippen LogP contribution in [0.1, 0.15) is 11.3 Å². The lowest BCUT2D eigenvalue weighted by Gasteiger charge is -2.12. The Hall–Kier alpha value is -1.68. The third-order valence-electron chi connectivity index (χ3n) is 3.34. The number of aromatic amines is 1. The Kier molecular flexibility index (Phi) is 1.54. The van der Waals surface area contributed by atoms with Crippen LogP contribution in [-0.4, -0.2) is 18.3 Å². The van der Waals surface area contributed by atoms with Crippen molar-refractivity contribution in [2.24, 2.45) is 0 Å². The maximum Gasteiger partial charge on any atom is 0.231 e. The highest BCUT2D eigenvalue weighted by Gasteiger charge is 2.20. The number of H-pyrrole nitrogens is 1. The Bertz CT molecular complexity index is 574. The maximum absolute atomic E-state index is 5.42. The van der Waals surface area contributed by atoms with Crippen LogP contribution in [0.2, 0.25) is 0 Å². The minimum absolute atomic E-state index is 0.339. The molecule has 0 bridgehead atoms. The second-order valence-electron chi connectivity index (χ2n) is 4.26. The van der Waals surface area contributed by atoms with Gasteiger partial charge in [0.25, 0.3) is 0 Å². The Morgan fingerprint density at radius 1 is 1.12 bits per heavy atom. The lowest BCUT2D eigenvalue weighted by molar-refractivity contribution is 0.174. The molecule has 4 heteroatoms. The molecular weight excluding hydrogens is 204 g/mol. The molecule has 2 aliphatic heterocycles. The van der Waals surface area contributed by atoms with E-state index in [2.05, 4.69) is 16.4 Å². The first-order chi connectivity index (χ1) is 7.92. The predicted molar refractivity (Wildman–Crippen MR) is 59.8 cm³/mol. The van der Waals surface area contributed by atoms with E-state index in [0.29, 0.717) is 6.79 Å². The largest absolute Gasteiger partial charge is 0.454 e. The van der Waals surface area contributed by atoms with Gasteiger partial charge in [-0.3, -0.25) is 0 Å². The number of aromatic nitrogens is 1. The molecule has 0 spiro atoms. The Morgan fingerprint density at radius 2 is 2.00 bits per heavy atom. The molecule has 3 heterocycles. The summed E-state index contributed by atoms with van der Waals surface area (Å²) in [7, 11) is 0. The van der Waals surface area contributed by atoms with Crippen LogP contribution >= 0.6 is 0 Å². The average Bonchev–Trinajstić information content (AvgIpc) is 2.88. The third-order valence-corrected chi connectivity index (χ3v) is 3.34. The lowest BCUT2D eigenvalue weighted by atomic mass is 10.0. The Morgan fingerprint density at radius 3 is 2.94 bits per heavy atom. The van der Waals surface area contributed by atoms with Gasteiger partial charge in [-0.15, -0.1) is 0 Å². The average molecular weight is 216 g/mol. The van der Waals surface area contributed by atoms with Crippen LogP contribution in [0.25, 0.3) is 10.9 Å². The van der Waals surface area contributed by atoms with Crippen LogP contribution in [0.5, 0.6) is 11.5 Å². The summed E-state index contributed by atoms with van der Waals surface area (Å²) in [6, 6.07) is 4.13. The molecule has 4 nitrogen and oxygen atoms in total. The van der Waals surface area contributed by atoms with Gasteiger partial charge in [-0.25, -0.2) is 0 Å². The van der Waals surface area contributed by atoms with Gasteiger partial charge in [-0.1, -0.05) is 0 Å². The van der Waals surface area contributed by atoms with E-state index in [0.717, 1.165) is 36.5 Å². The second-order valence-corrected chi connectivity index (χ2v) is 4.26. The van der Waals surface area contributed by atoms with Gasteiger partial charge < -0.3 is 19.8 Å². The van der Waals surface area contributed by atoms with Crippen LogP contribution < -0.4 is 14.8 Å². The van der Waals surface area contributed by atoms with E-state index in [1.807, 2.05) is 6.07 Å². The van der Waals surface area contributed by atoms with Crippen molar-refractivity contribution in [3.05, 3.63) is 23.4 Å². The molecule has 0 radical (unpaired) electrons. The van der Waals surface area contributed by atoms with Gasteiger partial charge in [0.15, 0.2) is 11.5 Å². The standard InChI is InChI=1S/C12H12N2O2/c1-2-13-5-10-7(1)8-3-11-12(16-6-15-11)4-9(8)14-10/h3-4,13-14H,1-2,5-6H2. The smallest absolute Gasteiger partial charge is 0.231 e. The predicted octanol–water partition coefficient (Wildman–Crippen LogP) is 1.54. The number of hydrogen-bond acceptors (Lipinski definition) is 3. The van der Waals surface area contributed by atoms with Crippen LogP contribution in [0, 0.1) is 0 Å². The van der Waals surface area contributed by atoms with Crippen molar-refractivity contribution in [3.8, 4) is 11.5 Å². The van der Waals surface area contributed by atoms with Gasteiger partial charge >= 0.3 is 0 Å². The highest BCUT2D eigenvalue weighted by atomic mass is 16.7. The molecule has 4 rings (SSSR count). The topological polar surface area (TPSA) is 46.3 Å². The van der Waals surface area contributed by atoms with Crippen LogP contribution in [0.3, 0.4) is 0 Å². The van der Waals surface area contributed by atoms with Gasteiger partial charge in [-0.05, 0) is 24.6 Å². The maximum atomic E-state index is 5.42. The highest BCUT2D eigenvalue weighted by Crippen LogP contribution is 2.38. The normalized spacial score (nSPS) is 17.8. The molecule has 16 heavy (non-hydrogen) atoms. The van der Waals surface area contributed by atoms with E-state index >= 15 is 0 Å². The molecule has 0 saturated carbocycles. The molecule has 2 N–H and O–H groups in total. The van der Waals surface area contributed by atoms with E-state index in [9.17, 15) is 0 Å². The number of fused-ring (bicyclic) bond motifs is 4. The minimum Gasteiger partial charge on any atom is -0.454 e. The summed E-state index contributed by atoms with van der Waals surface area (Å²) in [6.45, 7) is 2.32. The highest BCUT2D eigenvalue weighted by molar-refractivity contribution is 5.88. The Balaban J connectivity index is 2.02. The molecule has 0 unspecified atom stereocenters.